The molecule has 1 nitrogen and oxygen atoms in total. The van der Waals surface area contributed by atoms with Crippen LogP contribution >= 0.6 is 15.9 Å². The highest BCUT2D eigenvalue weighted by molar-refractivity contribution is 9.09. The van der Waals surface area contributed by atoms with E-state index >= 15 is 0 Å². The number of alkyl halides is 1. The van der Waals surface area contributed by atoms with Crippen LogP contribution in [0.1, 0.15) is 65.2 Å². The van der Waals surface area contributed by atoms with Gasteiger partial charge in [0.15, 0.2) is 0 Å². The van der Waals surface area contributed by atoms with Crippen LogP contribution in [-0.4, -0.2) is 17.5 Å². The number of hydrogen-bond donors (Lipinski definition) is 0. The van der Waals surface area contributed by atoms with Crippen LogP contribution in [0.5, 0.6) is 0 Å². The molecule has 0 heterocycles. The van der Waals surface area contributed by atoms with Crippen molar-refractivity contribution >= 4 is 15.9 Å². The van der Waals surface area contributed by atoms with Gasteiger partial charge >= 0.3 is 0 Å². The third-order valence-corrected chi connectivity index (χ3v) is 4.76. The molecule has 0 aromatic heterocycles. The van der Waals surface area contributed by atoms with Gasteiger partial charge in [-0.3, -0.25) is 0 Å². The van der Waals surface area contributed by atoms with Crippen molar-refractivity contribution in [3.05, 3.63) is 0 Å². The molecule has 0 aromatic rings. The highest BCUT2D eigenvalue weighted by Gasteiger charge is 2.23. The summed E-state index contributed by atoms with van der Waals surface area (Å²) in [6.45, 7) is 5.53. The van der Waals surface area contributed by atoms with Gasteiger partial charge in [-0.2, -0.15) is 0 Å². The van der Waals surface area contributed by atoms with Gasteiger partial charge in [-0.25, -0.2) is 0 Å². The topological polar surface area (TPSA) is 9.23 Å². The number of halogens is 1. The van der Waals surface area contributed by atoms with Gasteiger partial charge in [0, 0.05) is 11.4 Å². The summed E-state index contributed by atoms with van der Waals surface area (Å²) in [6, 6.07) is 0. The summed E-state index contributed by atoms with van der Waals surface area (Å²) in [5.74, 6) is 0.779. The predicted octanol–water partition coefficient (Wildman–Crippen LogP) is 4.93. The Morgan fingerprint density at radius 2 is 2.00 bits per heavy atom. The minimum absolute atomic E-state index is 0.476. The molecule has 1 aliphatic carbocycles. The smallest absolute Gasteiger partial charge is 0.0700 e. The van der Waals surface area contributed by atoms with Crippen LogP contribution in [0.15, 0.2) is 0 Å². The molecule has 1 aliphatic rings. The van der Waals surface area contributed by atoms with E-state index in [2.05, 4.69) is 29.8 Å². The van der Waals surface area contributed by atoms with Gasteiger partial charge in [-0.05, 0) is 25.2 Å². The van der Waals surface area contributed by atoms with Crippen molar-refractivity contribution in [1.82, 2.24) is 0 Å². The van der Waals surface area contributed by atoms with Crippen molar-refractivity contribution in [2.24, 2.45) is 5.92 Å². The summed E-state index contributed by atoms with van der Waals surface area (Å²) in [5, 5.41) is 0. The first kappa shape index (κ1) is 14.5. The maximum Gasteiger partial charge on any atom is 0.0700 e. The fourth-order valence-corrected chi connectivity index (χ4v) is 3.14. The second-order valence-corrected chi connectivity index (χ2v) is 6.26. The lowest BCUT2D eigenvalue weighted by atomic mass is 9.96. The molecule has 1 rings (SSSR count). The molecule has 0 N–H and O–H groups in total. The van der Waals surface area contributed by atoms with E-state index in [0.717, 1.165) is 12.5 Å². The van der Waals surface area contributed by atoms with Crippen molar-refractivity contribution < 1.29 is 4.74 Å². The summed E-state index contributed by atoms with van der Waals surface area (Å²) >= 11 is 3.75. The Balaban J connectivity index is 2.19. The number of ether oxygens (including phenoxy) is 1. The summed E-state index contributed by atoms with van der Waals surface area (Å²) < 4.78 is 6.10. The molecule has 0 aliphatic heterocycles. The minimum Gasteiger partial charge on any atom is -0.377 e. The van der Waals surface area contributed by atoms with Gasteiger partial charge in [-0.15, -0.1) is 0 Å². The molecule has 1 fully saturated rings. The normalized spacial score (nSPS) is 27.9. The van der Waals surface area contributed by atoms with Gasteiger partial charge < -0.3 is 4.74 Å². The zero-order valence-corrected chi connectivity index (χ0v) is 12.5. The van der Waals surface area contributed by atoms with E-state index in [1.807, 2.05) is 0 Å². The molecule has 0 saturated heterocycles. The molecule has 0 spiro atoms. The fourth-order valence-electron chi connectivity index (χ4n) is 2.40. The lowest BCUT2D eigenvalue weighted by Crippen LogP contribution is -2.29. The Bertz CT molecular complexity index is 172. The van der Waals surface area contributed by atoms with Crippen molar-refractivity contribution in [3.63, 3.8) is 0 Å². The first-order valence-corrected chi connectivity index (χ1v) is 7.95. The first-order valence-electron chi connectivity index (χ1n) is 7.03. The number of rotatable bonds is 7. The quantitative estimate of drug-likeness (QED) is 0.605. The van der Waals surface area contributed by atoms with Crippen LogP contribution in [0.4, 0.5) is 0 Å². The zero-order valence-electron chi connectivity index (χ0n) is 10.9. The van der Waals surface area contributed by atoms with E-state index in [9.17, 15) is 0 Å². The van der Waals surface area contributed by atoms with Crippen LogP contribution < -0.4 is 0 Å². The molecule has 16 heavy (non-hydrogen) atoms. The predicted molar refractivity (Wildman–Crippen MR) is 74.2 cm³/mol. The lowest BCUT2D eigenvalue weighted by molar-refractivity contribution is 0.0104. The van der Waals surface area contributed by atoms with E-state index in [1.165, 1.54) is 51.4 Å². The number of hydrogen-bond acceptors (Lipinski definition) is 1. The second-order valence-electron chi connectivity index (χ2n) is 5.09. The monoisotopic (exact) mass is 290 g/mol. The average Bonchev–Trinajstić information content (AvgIpc) is 2.31. The Morgan fingerprint density at radius 3 is 2.62 bits per heavy atom. The minimum atomic E-state index is 0.476. The summed E-state index contributed by atoms with van der Waals surface area (Å²) in [5.41, 5.74) is 0. The SMILES string of the molecule is CCCCC(CC)COC1CCCCC1Br. The van der Waals surface area contributed by atoms with Crippen LogP contribution in [0.25, 0.3) is 0 Å². The molecule has 0 amide bonds. The van der Waals surface area contributed by atoms with E-state index in [0.29, 0.717) is 10.9 Å². The molecule has 96 valence electrons. The Labute approximate surface area is 109 Å². The van der Waals surface area contributed by atoms with Crippen LogP contribution in [0, 0.1) is 5.92 Å². The molecular formula is C14H27BrO. The van der Waals surface area contributed by atoms with Crippen molar-refractivity contribution in [2.75, 3.05) is 6.61 Å². The molecular weight excluding hydrogens is 264 g/mol. The largest absolute Gasteiger partial charge is 0.377 e. The van der Waals surface area contributed by atoms with E-state index in [4.69, 9.17) is 4.74 Å². The molecule has 2 heteroatoms. The van der Waals surface area contributed by atoms with Gasteiger partial charge in [0.25, 0.3) is 0 Å². The highest BCUT2D eigenvalue weighted by atomic mass is 79.9. The number of unbranched alkanes of at least 4 members (excludes halogenated alkanes) is 1. The van der Waals surface area contributed by atoms with Crippen LogP contribution in [0.3, 0.4) is 0 Å². The molecule has 0 aromatic carbocycles. The highest BCUT2D eigenvalue weighted by Crippen LogP contribution is 2.27. The Kier molecular flexibility index (Phi) is 7.72. The summed E-state index contributed by atoms with van der Waals surface area (Å²) in [7, 11) is 0. The molecule has 3 atom stereocenters. The van der Waals surface area contributed by atoms with Crippen molar-refractivity contribution in [1.29, 1.82) is 0 Å². The van der Waals surface area contributed by atoms with E-state index in [-0.39, 0.29) is 0 Å². The Morgan fingerprint density at radius 1 is 1.25 bits per heavy atom. The molecule has 0 radical (unpaired) electrons. The average molecular weight is 291 g/mol. The van der Waals surface area contributed by atoms with Gasteiger partial charge in [0.1, 0.15) is 0 Å². The van der Waals surface area contributed by atoms with Gasteiger partial charge in [-0.1, -0.05) is 61.9 Å². The van der Waals surface area contributed by atoms with Crippen LogP contribution in [-0.2, 0) is 4.74 Å². The van der Waals surface area contributed by atoms with Crippen molar-refractivity contribution in [3.8, 4) is 0 Å². The van der Waals surface area contributed by atoms with Crippen LogP contribution in [0.2, 0.25) is 0 Å². The van der Waals surface area contributed by atoms with E-state index < -0.39 is 0 Å². The van der Waals surface area contributed by atoms with Gasteiger partial charge in [0.05, 0.1) is 6.10 Å². The zero-order chi connectivity index (χ0) is 11.8. The second kappa shape index (κ2) is 8.52. The fraction of sp³-hybridized carbons (Fsp3) is 1.00. The third kappa shape index (κ3) is 5.18. The van der Waals surface area contributed by atoms with E-state index in [1.54, 1.807) is 0 Å². The molecule has 3 unspecified atom stereocenters. The standard InChI is InChI=1S/C14H27BrO/c1-3-5-8-12(4-2)11-16-14-10-7-6-9-13(14)15/h12-14H,3-11H2,1-2H3. The maximum absolute atomic E-state index is 6.10. The Hall–Kier alpha value is 0.440. The van der Waals surface area contributed by atoms with Crippen molar-refractivity contribution in [2.45, 2.75) is 76.1 Å². The lowest BCUT2D eigenvalue weighted by Gasteiger charge is -2.29. The maximum atomic E-state index is 6.10. The molecule has 1 saturated carbocycles. The summed E-state index contributed by atoms with van der Waals surface area (Å²) in [4.78, 5) is 0.602. The molecule has 0 bridgehead atoms. The van der Waals surface area contributed by atoms with Gasteiger partial charge in [0.2, 0.25) is 0 Å². The summed E-state index contributed by atoms with van der Waals surface area (Å²) in [6.07, 6.45) is 11.0. The first-order chi connectivity index (χ1) is 7.77. The third-order valence-electron chi connectivity index (χ3n) is 3.71.